The van der Waals surface area contributed by atoms with Crippen molar-refractivity contribution in [2.24, 2.45) is 0 Å². The van der Waals surface area contributed by atoms with Crippen LogP contribution in [0.25, 0.3) is 0 Å². The van der Waals surface area contributed by atoms with Gasteiger partial charge in [-0.05, 0) is 59.8 Å². The van der Waals surface area contributed by atoms with E-state index in [1.807, 2.05) is 19.1 Å². The molecule has 0 unspecified atom stereocenters. The van der Waals surface area contributed by atoms with E-state index >= 15 is 0 Å². The van der Waals surface area contributed by atoms with Crippen molar-refractivity contribution >= 4 is 27.5 Å². The molecule has 0 amide bonds. The van der Waals surface area contributed by atoms with Gasteiger partial charge in [-0.25, -0.2) is 0 Å². The highest BCUT2D eigenvalue weighted by molar-refractivity contribution is 9.10. The third-order valence-electron chi connectivity index (χ3n) is 3.62. The minimum absolute atomic E-state index is 0.692. The number of halogens is 2. The Hall–Kier alpha value is -0.250. The largest absolute Gasteiger partial charge is 0.491 e. The van der Waals surface area contributed by atoms with Gasteiger partial charge in [0.15, 0.2) is 5.75 Å². The van der Waals surface area contributed by atoms with Gasteiger partial charge in [0.1, 0.15) is 0 Å². The summed E-state index contributed by atoms with van der Waals surface area (Å²) >= 11 is 9.71. The number of quaternary nitrogens is 1. The van der Waals surface area contributed by atoms with E-state index in [0.717, 1.165) is 28.8 Å². The number of hydrogen-bond acceptors (Lipinski definition) is 1. The molecule has 4 heteroatoms. The van der Waals surface area contributed by atoms with Crippen LogP contribution in [-0.2, 0) is 0 Å². The normalized spacial score (nSPS) is 16.6. The number of ether oxygens (including phenoxy) is 1. The average Bonchev–Trinajstić information content (AvgIpc) is 2.38. The van der Waals surface area contributed by atoms with Crippen LogP contribution < -0.4 is 9.64 Å². The monoisotopic (exact) mass is 346 g/mol. The Morgan fingerprint density at radius 3 is 2.68 bits per heavy atom. The molecular weight excluding hydrogens is 326 g/mol. The average molecular weight is 348 g/mol. The zero-order valence-corrected chi connectivity index (χ0v) is 13.8. The molecule has 0 aromatic heterocycles. The molecule has 0 radical (unpaired) electrons. The van der Waals surface area contributed by atoms with Crippen LogP contribution >= 0.6 is 27.5 Å². The number of rotatable bonds is 5. The molecule has 1 aromatic carbocycles. The van der Waals surface area contributed by atoms with E-state index < -0.39 is 0 Å². The van der Waals surface area contributed by atoms with E-state index in [4.69, 9.17) is 16.3 Å². The Morgan fingerprint density at radius 1 is 1.26 bits per heavy atom. The van der Waals surface area contributed by atoms with Gasteiger partial charge in [0.2, 0.25) is 0 Å². The summed E-state index contributed by atoms with van der Waals surface area (Å²) in [5.41, 5.74) is 1.14. The molecule has 1 saturated heterocycles. The molecule has 1 aliphatic rings. The number of likely N-dealkylation sites (tertiary alicyclic amines) is 1. The predicted molar refractivity (Wildman–Crippen MR) is 83.4 cm³/mol. The molecule has 2 rings (SSSR count). The molecule has 1 aromatic rings. The first-order valence-corrected chi connectivity index (χ1v) is 8.26. The molecule has 1 aliphatic heterocycles. The highest BCUT2D eigenvalue weighted by Crippen LogP contribution is 2.34. The summed E-state index contributed by atoms with van der Waals surface area (Å²) in [5.74, 6) is 0.779. The lowest BCUT2D eigenvalue weighted by atomic mass is 10.1. The Balaban J connectivity index is 1.76. The first-order valence-electron chi connectivity index (χ1n) is 7.09. The molecular formula is C15H22BrClNO+. The van der Waals surface area contributed by atoms with E-state index in [2.05, 4.69) is 15.9 Å². The summed E-state index contributed by atoms with van der Waals surface area (Å²) in [7, 11) is 0. The Bertz CT molecular complexity index is 396. The van der Waals surface area contributed by atoms with Gasteiger partial charge in [0.25, 0.3) is 0 Å². The molecule has 0 saturated carbocycles. The first kappa shape index (κ1) is 15.1. The maximum Gasteiger partial charge on any atom is 0.152 e. The number of aryl methyl sites for hydroxylation is 1. The summed E-state index contributed by atoms with van der Waals surface area (Å²) in [6.07, 6.45) is 5.26. The molecule has 19 heavy (non-hydrogen) atoms. The molecule has 0 spiro atoms. The molecule has 0 aliphatic carbocycles. The van der Waals surface area contributed by atoms with Crippen molar-refractivity contribution in [2.75, 3.05) is 26.2 Å². The summed E-state index contributed by atoms with van der Waals surface area (Å²) < 4.78 is 6.77. The second-order valence-corrected chi connectivity index (χ2v) is 6.58. The Labute approximate surface area is 129 Å². The Morgan fingerprint density at radius 2 is 2.00 bits per heavy atom. The molecule has 106 valence electrons. The van der Waals surface area contributed by atoms with E-state index in [9.17, 15) is 0 Å². The van der Waals surface area contributed by atoms with Gasteiger partial charge in [0, 0.05) is 6.42 Å². The van der Waals surface area contributed by atoms with Gasteiger partial charge in [-0.1, -0.05) is 11.6 Å². The van der Waals surface area contributed by atoms with Crippen molar-refractivity contribution in [1.29, 1.82) is 0 Å². The standard InChI is InChI=1S/C15H21BrClNO/c1-12-10-13(16)15(14(17)11-12)19-9-5-8-18-6-3-2-4-7-18/h10-11H,2-9H2,1H3/p+1. The molecule has 1 heterocycles. The molecule has 0 bridgehead atoms. The van der Waals surface area contributed by atoms with Crippen molar-refractivity contribution < 1.29 is 9.64 Å². The van der Waals surface area contributed by atoms with Crippen LogP contribution in [0.15, 0.2) is 16.6 Å². The number of piperidine rings is 1. The number of benzene rings is 1. The maximum absolute atomic E-state index is 6.20. The van der Waals surface area contributed by atoms with Crippen LogP contribution in [0.5, 0.6) is 5.75 Å². The summed E-state index contributed by atoms with van der Waals surface area (Å²) in [4.78, 5) is 1.73. The minimum atomic E-state index is 0.692. The smallest absolute Gasteiger partial charge is 0.152 e. The molecule has 1 fully saturated rings. The van der Waals surface area contributed by atoms with Crippen LogP contribution in [0.2, 0.25) is 5.02 Å². The second-order valence-electron chi connectivity index (χ2n) is 5.32. The van der Waals surface area contributed by atoms with Crippen LogP contribution in [0.1, 0.15) is 31.2 Å². The predicted octanol–water partition coefficient (Wildman–Crippen LogP) is 3.25. The van der Waals surface area contributed by atoms with E-state index in [-0.39, 0.29) is 0 Å². The summed E-state index contributed by atoms with van der Waals surface area (Å²) in [6, 6.07) is 3.98. The lowest BCUT2D eigenvalue weighted by Gasteiger charge is -2.23. The topological polar surface area (TPSA) is 13.7 Å². The number of nitrogens with one attached hydrogen (secondary N) is 1. The van der Waals surface area contributed by atoms with Crippen molar-refractivity contribution in [2.45, 2.75) is 32.6 Å². The van der Waals surface area contributed by atoms with Crippen LogP contribution in [0.4, 0.5) is 0 Å². The van der Waals surface area contributed by atoms with E-state index in [1.165, 1.54) is 38.9 Å². The van der Waals surface area contributed by atoms with Gasteiger partial charge in [-0.15, -0.1) is 0 Å². The third kappa shape index (κ3) is 4.66. The second kappa shape index (κ2) is 7.51. The fourth-order valence-electron chi connectivity index (χ4n) is 2.62. The Kier molecular flexibility index (Phi) is 5.99. The zero-order chi connectivity index (χ0) is 13.7. The summed E-state index contributed by atoms with van der Waals surface area (Å²) in [5, 5.41) is 0.692. The van der Waals surface area contributed by atoms with E-state index in [1.54, 1.807) is 4.90 Å². The first-order chi connectivity index (χ1) is 9.16. The van der Waals surface area contributed by atoms with Gasteiger partial charge in [-0.3, -0.25) is 0 Å². The fraction of sp³-hybridized carbons (Fsp3) is 0.600. The van der Waals surface area contributed by atoms with Gasteiger partial charge in [0.05, 0.1) is 35.7 Å². The van der Waals surface area contributed by atoms with Crippen LogP contribution in [0.3, 0.4) is 0 Å². The van der Waals surface area contributed by atoms with E-state index in [0.29, 0.717) is 5.02 Å². The SMILES string of the molecule is Cc1cc(Cl)c(OCCC[NH+]2CCCCC2)c(Br)c1. The van der Waals surface area contributed by atoms with Gasteiger partial charge < -0.3 is 9.64 Å². The van der Waals surface area contributed by atoms with Crippen LogP contribution in [0, 0.1) is 6.92 Å². The molecule has 1 N–H and O–H groups in total. The van der Waals surface area contributed by atoms with Crippen molar-refractivity contribution in [3.63, 3.8) is 0 Å². The van der Waals surface area contributed by atoms with Crippen LogP contribution in [-0.4, -0.2) is 26.2 Å². The third-order valence-corrected chi connectivity index (χ3v) is 4.49. The highest BCUT2D eigenvalue weighted by Gasteiger charge is 2.13. The van der Waals surface area contributed by atoms with Crippen molar-refractivity contribution in [3.05, 3.63) is 27.2 Å². The van der Waals surface area contributed by atoms with Crippen molar-refractivity contribution in [1.82, 2.24) is 0 Å². The van der Waals surface area contributed by atoms with Gasteiger partial charge in [-0.2, -0.15) is 0 Å². The minimum Gasteiger partial charge on any atom is -0.491 e. The summed E-state index contributed by atoms with van der Waals surface area (Å²) in [6.45, 7) is 6.64. The highest BCUT2D eigenvalue weighted by atomic mass is 79.9. The maximum atomic E-state index is 6.20. The quantitative estimate of drug-likeness (QED) is 0.807. The lowest BCUT2D eigenvalue weighted by molar-refractivity contribution is -0.905. The fourth-order valence-corrected chi connectivity index (χ4v) is 3.75. The number of hydrogen-bond donors (Lipinski definition) is 1. The van der Waals surface area contributed by atoms with Gasteiger partial charge >= 0.3 is 0 Å². The lowest BCUT2D eigenvalue weighted by Crippen LogP contribution is -3.12. The zero-order valence-electron chi connectivity index (χ0n) is 11.5. The molecule has 2 nitrogen and oxygen atoms in total. The van der Waals surface area contributed by atoms with Crippen molar-refractivity contribution in [3.8, 4) is 5.75 Å². The molecule has 0 atom stereocenters.